The van der Waals surface area contributed by atoms with E-state index in [0.717, 1.165) is 5.56 Å². The molecule has 0 amide bonds. The molecule has 0 aliphatic heterocycles. The number of benzene rings is 2. The van der Waals surface area contributed by atoms with Crippen molar-refractivity contribution >= 4 is 0 Å². The Morgan fingerprint density at radius 3 is 2.43 bits per heavy atom. The Morgan fingerprint density at radius 1 is 1.05 bits per heavy atom. The third kappa shape index (κ3) is 4.83. The number of hydrogen-bond donors (Lipinski definition) is 1. The molecule has 2 aromatic rings. The van der Waals surface area contributed by atoms with Gasteiger partial charge in [-0.25, -0.2) is 8.78 Å². The summed E-state index contributed by atoms with van der Waals surface area (Å²) in [6.07, 6.45) is 0. The molecule has 1 N–H and O–H groups in total. The zero-order valence-corrected chi connectivity index (χ0v) is 12.2. The van der Waals surface area contributed by atoms with Crippen molar-refractivity contribution in [2.24, 2.45) is 0 Å². The molecule has 0 saturated heterocycles. The van der Waals surface area contributed by atoms with Crippen LogP contribution in [-0.4, -0.2) is 6.04 Å². The lowest BCUT2D eigenvalue weighted by atomic mass is 10.1. The molecule has 2 aromatic carbocycles. The van der Waals surface area contributed by atoms with Crippen LogP contribution in [0.15, 0.2) is 42.5 Å². The largest absolute Gasteiger partial charge is 0.489 e. The van der Waals surface area contributed by atoms with Gasteiger partial charge in [0.15, 0.2) is 0 Å². The summed E-state index contributed by atoms with van der Waals surface area (Å²) in [6.45, 7) is 4.92. The molecule has 0 spiro atoms. The van der Waals surface area contributed by atoms with E-state index in [1.807, 2.05) is 0 Å². The van der Waals surface area contributed by atoms with Crippen LogP contribution in [0.1, 0.15) is 25.0 Å². The van der Waals surface area contributed by atoms with E-state index in [2.05, 4.69) is 19.2 Å². The van der Waals surface area contributed by atoms with Crippen LogP contribution in [0.25, 0.3) is 0 Å². The number of rotatable bonds is 6. The second kappa shape index (κ2) is 7.18. The SMILES string of the molecule is CC(C)NCc1ccc(F)c(COc2ccc(F)cc2)c1. The Hall–Kier alpha value is -1.94. The highest BCUT2D eigenvalue weighted by Crippen LogP contribution is 2.16. The minimum Gasteiger partial charge on any atom is -0.489 e. The molecular formula is C17H19F2NO. The molecule has 0 aliphatic rings. The molecule has 0 unspecified atom stereocenters. The van der Waals surface area contributed by atoms with Gasteiger partial charge >= 0.3 is 0 Å². The van der Waals surface area contributed by atoms with E-state index in [1.165, 1.54) is 30.3 Å². The maximum atomic E-state index is 13.8. The molecule has 0 heterocycles. The summed E-state index contributed by atoms with van der Waals surface area (Å²) < 4.78 is 32.1. The first-order chi connectivity index (χ1) is 10.0. The first-order valence-electron chi connectivity index (χ1n) is 6.93. The van der Waals surface area contributed by atoms with Crippen LogP contribution < -0.4 is 10.1 Å². The van der Waals surface area contributed by atoms with Gasteiger partial charge in [0.1, 0.15) is 24.0 Å². The average Bonchev–Trinajstić information content (AvgIpc) is 2.46. The monoisotopic (exact) mass is 291 g/mol. The first-order valence-corrected chi connectivity index (χ1v) is 6.93. The third-order valence-electron chi connectivity index (χ3n) is 3.03. The van der Waals surface area contributed by atoms with Crippen molar-refractivity contribution in [3.8, 4) is 5.75 Å². The van der Waals surface area contributed by atoms with Gasteiger partial charge in [0.25, 0.3) is 0 Å². The van der Waals surface area contributed by atoms with E-state index < -0.39 is 0 Å². The van der Waals surface area contributed by atoms with E-state index in [-0.39, 0.29) is 18.2 Å². The molecule has 2 rings (SSSR count). The summed E-state index contributed by atoms with van der Waals surface area (Å²) >= 11 is 0. The third-order valence-corrected chi connectivity index (χ3v) is 3.03. The van der Waals surface area contributed by atoms with E-state index in [0.29, 0.717) is 23.9 Å². The lowest BCUT2D eigenvalue weighted by Gasteiger charge is -2.11. The van der Waals surface area contributed by atoms with Gasteiger partial charge < -0.3 is 10.1 Å². The molecular weight excluding hydrogens is 272 g/mol. The fourth-order valence-corrected chi connectivity index (χ4v) is 1.86. The fraction of sp³-hybridized carbons (Fsp3) is 0.294. The normalized spacial score (nSPS) is 10.9. The summed E-state index contributed by atoms with van der Waals surface area (Å²) in [6, 6.07) is 11.0. The summed E-state index contributed by atoms with van der Waals surface area (Å²) in [4.78, 5) is 0. The number of ether oxygens (including phenoxy) is 1. The van der Waals surface area contributed by atoms with E-state index in [1.54, 1.807) is 12.1 Å². The first kappa shape index (κ1) is 15.4. The highest BCUT2D eigenvalue weighted by atomic mass is 19.1. The van der Waals surface area contributed by atoms with Crippen LogP contribution >= 0.6 is 0 Å². The molecule has 0 aliphatic carbocycles. The minimum atomic E-state index is -0.324. The zero-order valence-electron chi connectivity index (χ0n) is 12.2. The predicted octanol–water partition coefficient (Wildman–Crippen LogP) is 4.04. The minimum absolute atomic E-state index is 0.118. The van der Waals surface area contributed by atoms with Crippen molar-refractivity contribution in [2.75, 3.05) is 0 Å². The molecule has 0 atom stereocenters. The fourth-order valence-electron chi connectivity index (χ4n) is 1.86. The Kier molecular flexibility index (Phi) is 5.28. The quantitative estimate of drug-likeness (QED) is 0.867. The van der Waals surface area contributed by atoms with Crippen LogP contribution in [0.2, 0.25) is 0 Å². The summed E-state index contributed by atoms with van der Waals surface area (Å²) in [5, 5.41) is 3.28. The van der Waals surface area contributed by atoms with Gasteiger partial charge in [0.2, 0.25) is 0 Å². The highest BCUT2D eigenvalue weighted by Gasteiger charge is 2.06. The Balaban J connectivity index is 2.01. The van der Waals surface area contributed by atoms with E-state index in [9.17, 15) is 8.78 Å². The van der Waals surface area contributed by atoms with Crippen molar-refractivity contribution in [2.45, 2.75) is 33.0 Å². The molecule has 0 saturated carbocycles. The Morgan fingerprint density at radius 2 is 1.76 bits per heavy atom. The van der Waals surface area contributed by atoms with Gasteiger partial charge in [-0.1, -0.05) is 19.9 Å². The van der Waals surface area contributed by atoms with Crippen molar-refractivity contribution in [3.05, 3.63) is 65.2 Å². The van der Waals surface area contributed by atoms with Gasteiger partial charge in [-0.3, -0.25) is 0 Å². The summed E-state index contributed by atoms with van der Waals surface area (Å²) in [7, 11) is 0. The van der Waals surface area contributed by atoms with Gasteiger partial charge in [0, 0.05) is 18.2 Å². The topological polar surface area (TPSA) is 21.3 Å². The molecule has 0 radical (unpaired) electrons. The van der Waals surface area contributed by atoms with Crippen LogP contribution in [0.5, 0.6) is 5.75 Å². The van der Waals surface area contributed by atoms with Crippen molar-refractivity contribution < 1.29 is 13.5 Å². The van der Waals surface area contributed by atoms with Crippen LogP contribution in [0.3, 0.4) is 0 Å². The smallest absolute Gasteiger partial charge is 0.129 e. The molecule has 2 nitrogen and oxygen atoms in total. The number of halogens is 2. The average molecular weight is 291 g/mol. The predicted molar refractivity (Wildman–Crippen MR) is 79.1 cm³/mol. The van der Waals surface area contributed by atoms with Crippen LogP contribution in [-0.2, 0) is 13.2 Å². The molecule has 0 aromatic heterocycles. The standard InChI is InChI=1S/C17H19F2NO/c1-12(2)20-10-13-3-8-17(19)14(9-13)11-21-16-6-4-15(18)5-7-16/h3-9,12,20H,10-11H2,1-2H3. The second-order valence-electron chi connectivity index (χ2n) is 5.20. The van der Waals surface area contributed by atoms with Gasteiger partial charge in [-0.15, -0.1) is 0 Å². The Bertz CT molecular complexity index is 582. The van der Waals surface area contributed by atoms with Crippen molar-refractivity contribution in [1.29, 1.82) is 0 Å². The van der Waals surface area contributed by atoms with Crippen molar-refractivity contribution in [3.63, 3.8) is 0 Å². The number of hydrogen-bond acceptors (Lipinski definition) is 2. The maximum Gasteiger partial charge on any atom is 0.129 e. The van der Waals surface area contributed by atoms with Crippen molar-refractivity contribution in [1.82, 2.24) is 5.32 Å². The van der Waals surface area contributed by atoms with Crippen LogP contribution in [0, 0.1) is 11.6 Å². The molecule has 0 bridgehead atoms. The van der Waals surface area contributed by atoms with Gasteiger partial charge in [-0.05, 0) is 42.0 Å². The summed E-state index contributed by atoms with van der Waals surface area (Å²) in [5.41, 5.74) is 1.49. The molecule has 0 fully saturated rings. The zero-order chi connectivity index (χ0) is 15.2. The molecule has 4 heteroatoms. The number of nitrogens with one attached hydrogen (secondary N) is 1. The lowest BCUT2D eigenvalue weighted by Crippen LogP contribution is -2.21. The van der Waals surface area contributed by atoms with E-state index >= 15 is 0 Å². The molecule has 112 valence electrons. The van der Waals surface area contributed by atoms with E-state index in [4.69, 9.17) is 4.74 Å². The second-order valence-corrected chi connectivity index (χ2v) is 5.20. The van der Waals surface area contributed by atoms with Gasteiger partial charge in [0.05, 0.1) is 0 Å². The summed E-state index contributed by atoms with van der Waals surface area (Å²) in [5.74, 6) is -0.109. The Labute approximate surface area is 123 Å². The van der Waals surface area contributed by atoms with Crippen LogP contribution in [0.4, 0.5) is 8.78 Å². The lowest BCUT2D eigenvalue weighted by molar-refractivity contribution is 0.299. The maximum absolute atomic E-state index is 13.8. The highest BCUT2D eigenvalue weighted by molar-refractivity contribution is 5.26. The van der Waals surface area contributed by atoms with Gasteiger partial charge in [-0.2, -0.15) is 0 Å². The molecule has 21 heavy (non-hydrogen) atoms.